The van der Waals surface area contributed by atoms with Crippen LogP contribution in [0.5, 0.6) is 0 Å². The van der Waals surface area contributed by atoms with Gasteiger partial charge in [0.1, 0.15) is 5.82 Å². The van der Waals surface area contributed by atoms with Gasteiger partial charge in [0, 0.05) is 18.0 Å². The molecule has 0 radical (unpaired) electrons. The van der Waals surface area contributed by atoms with Crippen molar-refractivity contribution in [2.24, 2.45) is 5.73 Å². The van der Waals surface area contributed by atoms with Crippen LogP contribution in [0.25, 0.3) is 0 Å². The highest BCUT2D eigenvalue weighted by molar-refractivity contribution is 5.16. The smallest absolute Gasteiger partial charge is 0.329 e. The summed E-state index contributed by atoms with van der Waals surface area (Å²) < 4.78 is 37.9. The van der Waals surface area contributed by atoms with Gasteiger partial charge >= 0.3 is 6.18 Å². The maximum atomic E-state index is 12.6. The first-order valence-electron chi connectivity index (χ1n) is 5.76. The molecule has 1 aromatic rings. The molecule has 1 saturated carbocycles. The molecule has 4 nitrogen and oxygen atoms in total. The van der Waals surface area contributed by atoms with E-state index in [-0.39, 0.29) is 12.4 Å². The van der Waals surface area contributed by atoms with Crippen molar-refractivity contribution >= 4 is 0 Å². The van der Waals surface area contributed by atoms with E-state index in [1.165, 1.54) is 0 Å². The minimum atomic E-state index is -4.61. The summed E-state index contributed by atoms with van der Waals surface area (Å²) in [6, 6.07) is 0.475. The van der Waals surface area contributed by atoms with E-state index in [2.05, 4.69) is 9.97 Å². The van der Waals surface area contributed by atoms with Crippen molar-refractivity contribution in [3.8, 4) is 0 Å². The number of hydrogen-bond donors (Lipinski definition) is 2. The van der Waals surface area contributed by atoms with Gasteiger partial charge in [-0.1, -0.05) is 12.8 Å². The van der Waals surface area contributed by atoms with Crippen molar-refractivity contribution in [2.45, 2.75) is 37.3 Å². The Morgan fingerprint density at radius 3 is 2.50 bits per heavy atom. The SMILES string of the molecule is NCC1(c2nc(C(F)(F)F)cc(=O)[nH]2)CCCC1. The monoisotopic (exact) mass is 261 g/mol. The molecule has 7 heteroatoms. The molecule has 18 heavy (non-hydrogen) atoms. The number of nitrogens with two attached hydrogens (primary N) is 1. The molecule has 1 fully saturated rings. The minimum absolute atomic E-state index is 0.0716. The lowest BCUT2D eigenvalue weighted by atomic mass is 9.85. The molecule has 0 spiro atoms. The van der Waals surface area contributed by atoms with Crippen molar-refractivity contribution in [1.29, 1.82) is 0 Å². The maximum Gasteiger partial charge on any atom is 0.433 e. The topological polar surface area (TPSA) is 71.8 Å². The van der Waals surface area contributed by atoms with Crippen LogP contribution in [0.1, 0.15) is 37.2 Å². The molecule has 0 aromatic carbocycles. The van der Waals surface area contributed by atoms with E-state index in [1.807, 2.05) is 0 Å². The second kappa shape index (κ2) is 4.38. The molecule has 1 heterocycles. The Labute approximate surface area is 101 Å². The number of nitrogens with zero attached hydrogens (tertiary/aromatic N) is 1. The fourth-order valence-corrected chi connectivity index (χ4v) is 2.44. The third-order valence-corrected chi connectivity index (χ3v) is 3.49. The first-order chi connectivity index (χ1) is 8.37. The Morgan fingerprint density at radius 2 is 2.00 bits per heavy atom. The Hall–Kier alpha value is -1.37. The number of hydrogen-bond acceptors (Lipinski definition) is 3. The highest BCUT2D eigenvalue weighted by Gasteiger charge is 2.40. The molecule has 3 N–H and O–H groups in total. The molecule has 0 bridgehead atoms. The Morgan fingerprint density at radius 1 is 1.39 bits per heavy atom. The van der Waals surface area contributed by atoms with Crippen LogP contribution in [-0.4, -0.2) is 16.5 Å². The number of rotatable bonds is 2. The largest absolute Gasteiger partial charge is 0.433 e. The van der Waals surface area contributed by atoms with E-state index in [1.54, 1.807) is 0 Å². The number of nitrogens with one attached hydrogen (secondary N) is 1. The Kier molecular flexibility index (Phi) is 3.18. The molecule has 0 saturated heterocycles. The van der Waals surface area contributed by atoms with Crippen LogP contribution in [0.2, 0.25) is 0 Å². The fraction of sp³-hybridized carbons (Fsp3) is 0.636. The minimum Gasteiger partial charge on any atom is -0.329 e. The Bertz CT molecular complexity index is 489. The van der Waals surface area contributed by atoms with Gasteiger partial charge in [-0.3, -0.25) is 4.79 Å². The zero-order chi connectivity index (χ0) is 13.4. The van der Waals surface area contributed by atoms with Gasteiger partial charge in [-0.2, -0.15) is 13.2 Å². The summed E-state index contributed by atoms with van der Waals surface area (Å²) in [5, 5.41) is 0. The molecule has 0 amide bonds. The van der Waals surface area contributed by atoms with Crippen LogP contribution < -0.4 is 11.3 Å². The number of aromatic amines is 1. The lowest BCUT2D eigenvalue weighted by molar-refractivity contribution is -0.141. The Balaban J connectivity index is 2.51. The summed E-state index contributed by atoms with van der Waals surface area (Å²) in [6.45, 7) is 0.192. The van der Waals surface area contributed by atoms with Crippen molar-refractivity contribution in [2.75, 3.05) is 6.54 Å². The van der Waals surface area contributed by atoms with Crippen molar-refractivity contribution in [3.05, 3.63) is 27.9 Å². The van der Waals surface area contributed by atoms with Crippen LogP contribution in [0.4, 0.5) is 13.2 Å². The quantitative estimate of drug-likeness (QED) is 0.848. The van der Waals surface area contributed by atoms with Crippen LogP contribution in [0.15, 0.2) is 10.9 Å². The molecular formula is C11H14F3N3O. The molecule has 0 unspecified atom stereocenters. The highest BCUT2D eigenvalue weighted by atomic mass is 19.4. The average molecular weight is 261 g/mol. The lowest BCUT2D eigenvalue weighted by Gasteiger charge is -2.26. The van der Waals surface area contributed by atoms with Gasteiger partial charge in [0.2, 0.25) is 0 Å². The summed E-state index contributed by atoms with van der Waals surface area (Å²) >= 11 is 0. The summed E-state index contributed by atoms with van der Waals surface area (Å²) in [5.41, 5.74) is 3.12. The summed E-state index contributed by atoms with van der Waals surface area (Å²) in [6.07, 6.45) is -1.52. The van der Waals surface area contributed by atoms with Gasteiger partial charge in [-0.15, -0.1) is 0 Å². The molecule has 1 aliphatic rings. The summed E-state index contributed by atoms with van der Waals surface area (Å²) in [7, 11) is 0. The fourth-order valence-electron chi connectivity index (χ4n) is 2.44. The summed E-state index contributed by atoms with van der Waals surface area (Å²) in [5.74, 6) is 0.0716. The lowest BCUT2D eigenvalue weighted by Crippen LogP contribution is -2.36. The molecular weight excluding hydrogens is 247 g/mol. The molecule has 100 valence electrons. The first kappa shape index (κ1) is 13.1. The van der Waals surface area contributed by atoms with Crippen molar-refractivity contribution in [3.63, 3.8) is 0 Å². The second-order valence-electron chi connectivity index (χ2n) is 4.67. The van der Waals surface area contributed by atoms with E-state index < -0.39 is 22.8 Å². The molecule has 0 atom stereocenters. The highest BCUT2D eigenvalue weighted by Crippen LogP contribution is 2.39. The van der Waals surface area contributed by atoms with E-state index in [0.29, 0.717) is 18.9 Å². The second-order valence-corrected chi connectivity index (χ2v) is 4.67. The van der Waals surface area contributed by atoms with E-state index in [4.69, 9.17) is 5.73 Å². The van der Waals surface area contributed by atoms with E-state index in [0.717, 1.165) is 12.8 Å². The van der Waals surface area contributed by atoms with Gasteiger partial charge in [-0.25, -0.2) is 4.98 Å². The standard InChI is InChI=1S/C11H14F3N3O/c12-11(13,14)7-5-8(18)17-9(16-7)10(6-15)3-1-2-4-10/h5H,1-4,6,15H2,(H,16,17,18). The number of halogens is 3. The number of aromatic nitrogens is 2. The van der Waals surface area contributed by atoms with Gasteiger partial charge in [-0.05, 0) is 12.8 Å². The van der Waals surface area contributed by atoms with Crippen molar-refractivity contribution in [1.82, 2.24) is 9.97 Å². The predicted molar refractivity (Wildman–Crippen MR) is 59.1 cm³/mol. The number of alkyl halides is 3. The van der Waals surface area contributed by atoms with E-state index in [9.17, 15) is 18.0 Å². The van der Waals surface area contributed by atoms with E-state index >= 15 is 0 Å². The molecule has 2 rings (SSSR count). The van der Waals surface area contributed by atoms with Crippen LogP contribution in [0.3, 0.4) is 0 Å². The van der Waals surface area contributed by atoms with Crippen molar-refractivity contribution < 1.29 is 13.2 Å². The maximum absolute atomic E-state index is 12.6. The third kappa shape index (κ3) is 2.27. The van der Waals surface area contributed by atoms with Gasteiger partial charge in [0.15, 0.2) is 5.69 Å². The molecule has 1 aliphatic carbocycles. The van der Waals surface area contributed by atoms with Crippen LogP contribution in [0, 0.1) is 0 Å². The van der Waals surface area contributed by atoms with Gasteiger partial charge in [0.25, 0.3) is 5.56 Å². The summed E-state index contributed by atoms with van der Waals surface area (Å²) in [4.78, 5) is 17.3. The van der Waals surface area contributed by atoms with Crippen LogP contribution in [-0.2, 0) is 11.6 Å². The molecule has 1 aromatic heterocycles. The zero-order valence-electron chi connectivity index (χ0n) is 9.68. The normalized spacial score (nSPS) is 19.1. The molecule has 0 aliphatic heterocycles. The van der Waals surface area contributed by atoms with Gasteiger partial charge in [0.05, 0.1) is 0 Å². The first-order valence-corrected chi connectivity index (χ1v) is 5.76. The third-order valence-electron chi connectivity index (χ3n) is 3.49. The zero-order valence-corrected chi connectivity index (χ0v) is 9.68. The number of H-pyrrole nitrogens is 1. The van der Waals surface area contributed by atoms with Gasteiger partial charge < -0.3 is 10.7 Å². The predicted octanol–water partition coefficient (Wildman–Crippen LogP) is 1.56. The average Bonchev–Trinajstić information content (AvgIpc) is 2.76. The van der Waals surface area contributed by atoms with Crippen LogP contribution >= 0.6 is 0 Å².